The second-order valence-corrected chi connectivity index (χ2v) is 6.40. The summed E-state index contributed by atoms with van der Waals surface area (Å²) in [5, 5.41) is 10.4. The highest BCUT2D eigenvalue weighted by molar-refractivity contribution is 6.05. The van der Waals surface area contributed by atoms with Gasteiger partial charge < -0.3 is 20.1 Å². The number of amides is 1. The van der Waals surface area contributed by atoms with Crippen molar-refractivity contribution in [3.05, 3.63) is 65.9 Å². The SMILES string of the molecule is COc1ccc([C@H]2C(C(=O)Nc3cccnc3)=C(C)Nc3ncnn32)cc1OC. The van der Waals surface area contributed by atoms with Crippen molar-refractivity contribution >= 4 is 17.5 Å². The van der Waals surface area contributed by atoms with Crippen LogP contribution in [-0.2, 0) is 4.79 Å². The summed E-state index contributed by atoms with van der Waals surface area (Å²) in [6.07, 6.45) is 4.69. The maximum absolute atomic E-state index is 13.2. The minimum atomic E-state index is -0.495. The fourth-order valence-corrected chi connectivity index (χ4v) is 3.35. The lowest BCUT2D eigenvalue weighted by Crippen LogP contribution is -2.31. The van der Waals surface area contributed by atoms with Gasteiger partial charge in [0, 0.05) is 11.9 Å². The van der Waals surface area contributed by atoms with Crippen LogP contribution in [0.1, 0.15) is 18.5 Å². The molecule has 0 spiro atoms. The summed E-state index contributed by atoms with van der Waals surface area (Å²) < 4.78 is 12.5. The van der Waals surface area contributed by atoms with Gasteiger partial charge in [0.15, 0.2) is 11.5 Å². The minimum absolute atomic E-state index is 0.260. The van der Waals surface area contributed by atoms with E-state index in [-0.39, 0.29) is 5.91 Å². The van der Waals surface area contributed by atoms with Crippen LogP contribution in [0.2, 0.25) is 0 Å². The van der Waals surface area contributed by atoms with Crippen LogP contribution >= 0.6 is 0 Å². The smallest absolute Gasteiger partial charge is 0.255 e. The molecule has 0 saturated heterocycles. The van der Waals surface area contributed by atoms with Gasteiger partial charge in [-0.1, -0.05) is 6.07 Å². The largest absolute Gasteiger partial charge is 0.493 e. The predicted molar refractivity (Wildman–Crippen MR) is 107 cm³/mol. The van der Waals surface area contributed by atoms with E-state index in [4.69, 9.17) is 9.47 Å². The van der Waals surface area contributed by atoms with Crippen LogP contribution < -0.4 is 20.1 Å². The molecule has 1 aliphatic heterocycles. The lowest BCUT2D eigenvalue weighted by Gasteiger charge is -2.29. The van der Waals surface area contributed by atoms with Gasteiger partial charge in [0.2, 0.25) is 5.95 Å². The Morgan fingerprint density at radius 1 is 1.21 bits per heavy atom. The molecule has 0 saturated carbocycles. The number of anilines is 2. The Labute approximate surface area is 167 Å². The van der Waals surface area contributed by atoms with E-state index in [1.54, 1.807) is 49.5 Å². The Morgan fingerprint density at radius 2 is 2.03 bits per heavy atom. The molecule has 9 heteroatoms. The summed E-state index contributed by atoms with van der Waals surface area (Å²) in [5.74, 6) is 1.46. The zero-order valence-corrected chi connectivity index (χ0v) is 16.2. The molecule has 0 radical (unpaired) electrons. The van der Waals surface area contributed by atoms with Crippen LogP contribution in [0.25, 0.3) is 0 Å². The minimum Gasteiger partial charge on any atom is -0.493 e. The monoisotopic (exact) mass is 392 g/mol. The number of nitrogens with zero attached hydrogens (tertiary/aromatic N) is 4. The average molecular weight is 392 g/mol. The number of allylic oxidation sites excluding steroid dienone is 1. The zero-order valence-electron chi connectivity index (χ0n) is 16.2. The van der Waals surface area contributed by atoms with Crippen molar-refractivity contribution in [3.63, 3.8) is 0 Å². The molecule has 1 atom stereocenters. The van der Waals surface area contributed by atoms with Crippen molar-refractivity contribution in [1.29, 1.82) is 0 Å². The number of hydrogen-bond donors (Lipinski definition) is 2. The molecule has 2 N–H and O–H groups in total. The number of fused-ring (bicyclic) bond motifs is 1. The molecule has 0 bridgehead atoms. The summed E-state index contributed by atoms with van der Waals surface area (Å²) in [6, 6.07) is 8.57. The number of carbonyl (C=O) groups is 1. The molecule has 0 fully saturated rings. The molecule has 3 aromatic rings. The molecular formula is C20H20N6O3. The third-order valence-corrected chi connectivity index (χ3v) is 4.68. The van der Waals surface area contributed by atoms with Crippen LogP contribution in [0.5, 0.6) is 11.5 Å². The van der Waals surface area contributed by atoms with Gasteiger partial charge in [-0.25, -0.2) is 4.68 Å². The van der Waals surface area contributed by atoms with Gasteiger partial charge in [-0.15, -0.1) is 0 Å². The lowest BCUT2D eigenvalue weighted by molar-refractivity contribution is -0.113. The van der Waals surface area contributed by atoms with Crippen molar-refractivity contribution in [1.82, 2.24) is 19.7 Å². The Morgan fingerprint density at radius 3 is 2.76 bits per heavy atom. The number of carbonyl (C=O) groups excluding carboxylic acids is 1. The molecule has 3 heterocycles. The number of hydrogen-bond acceptors (Lipinski definition) is 7. The number of aromatic nitrogens is 4. The third-order valence-electron chi connectivity index (χ3n) is 4.68. The molecule has 0 unspecified atom stereocenters. The average Bonchev–Trinajstić information content (AvgIpc) is 3.20. The molecule has 2 aromatic heterocycles. The summed E-state index contributed by atoms with van der Waals surface area (Å²) in [7, 11) is 3.15. The highest BCUT2D eigenvalue weighted by Gasteiger charge is 2.34. The highest BCUT2D eigenvalue weighted by atomic mass is 16.5. The molecule has 4 rings (SSSR count). The molecule has 29 heavy (non-hydrogen) atoms. The third kappa shape index (κ3) is 3.38. The Balaban J connectivity index is 1.79. The van der Waals surface area contributed by atoms with E-state index >= 15 is 0 Å². The lowest BCUT2D eigenvalue weighted by atomic mass is 9.94. The van der Waals surface area contributed by atoms with Crippen LogP contribution in [0.15, 0.2) is 60.3 Å². The summed E-state index contributed by atoms with van der Waals surface area (Å²) in [5.41, 5.74) is 2.62. The van der Waals surface area contributed by atoms with E-state index in [9.17, 15) is 4.79 Å². The second kappa shape index (κ2) is 7.63. The van der Waals surface area contributed by atoms with Gasteiger partial charge in [0.05, 0.1) is 31.7 Å². The van der Waals surface area contributed by atoms with Crippen LogP contribution in [0.4, 0.5) is 11.6 Å². The van der Waals surface area contributed by atoms with Gasteiger partial charge in [0.1, 0.15) is 12.4 Å². The van der Waals surface area contributed by atoms with Crippen LogP contribution in [-0.4, -0.2) is 39.9 Å². The predicted octanol–water partition coefficient (Wildman–Crippen LogP) is 2.62. The summed E-state index contributed by atoms with van der Waals surface area (Å²) in [4.78, 5) is 21.5. The number of methoxy groups -OCH3 is 2. The normalized spacial score (nSPS) is 15.3. The standard InChI is InChI=1S/C20H20N6O3/c1-12-17(19(27)25-14-5-4-8-21-10-14)18(26-20(24-12)22-11-23-26)13-6-7-15(28-2)16(9-13)29-3/h4-11,18H,1-3H3,(H,25,27)(H,22,23,24)/t18-/m0/s1. The first-order chi connectivity index (χ1) is 14.1. The van der Waals surface area contributed by atoms with E-state index in [0.29, 0.717) is 34.4 Å². The first-order valence-corrected chi connectivity index (χ1v) is 8.93. The molecule has 1 amide bonds. The Bertz CT molecular complexity index is 1080. The van der Waals surface area contributed by atoms with Gasteiger partial charge in [0.25, 0.3) is 5.91 Å². The number of pyridine rings is 1. The topological polar surface area (TPSA) is 103 Å². The Hall–Kier alpha value is -3.88. The van der Waals surface area contributed by atoms with E-state index < -0.39 is 6.04 Å². The highest BCUT2D eigenvalue weighted by Crippen LogP contribution is 2.38. The van der Waals surface area contributed by atoms with Crippen molar-refractivity contribution in [2.45, 2.75) is 13.0 Å². The molecular weight excluding hydrogens is 372 g/mol. The maximum atomic E-state index is 13.2. The van der Waals surface area contributed by atoms with Crippen molar-refractivity contribution in [3.8, 4) is 11.5 Å². The van der Waals surface area contributed by atoms with Gasteiger partial charge in [-0.05, 0) is 36.8 Å². The molecule has 1 aliphatic rings. The number of nitrogens with one attached hydrogen (secondary N) is 2. The fourth-order valence-electron chi connectivity index (χ4n) is 3.35. The molecule has 0 aliphatic carbocycles. The Kier molecular flexibility index (Phi) is 4.86. The van der Waals surface area contributed by atoms with E-state index in [1.807, 2.05) is 19.1 Å². The molecule has 148 valence electrons. The molecule has 9 nitrogen and oxygen atoms in total. The number of rotatable bonds is 5. The van der Waals surface area contributed by atoms with Crippen LogP contribution in [0.3, 0.4) is 0 Å². The fraction of sp³-hybridized carbons (Fsp3) is 0.200. The zero-order chi connectivity index (χ0) is 20.4. The summed E-state index contributed by atoms with van der Waals surface area (Å²) >= 11 is 0. The van der Waals surface area contributed by atoms with Crippen molar-refractivity contribution < 1.29 is 14.3 Å². The van der Waals surface area contributed by atoms with Crippen LogP contribution in [0, 0.1) is 0 Å². The van der Waals surface area contributed by atoms with Crippen molar-refractivity contribution in [2.75, 3.05) is 24.9 Å². The summed E-state index contributed by atoms with van der Waals surface area (Å²) in [6.45, 7) is 1.84. The number of ether oxygens (including phenoxy) is 2. The van der Waals surface area contributed by atoms with E-state index in [0.717, 1.165) is 5.56 Å². The first kappa shape index (κ1) is 18.5. The number of benzene rings is 1. The van der Waals surface area contributed by atoms with Gasteiger partial charge in [-0.3, -0.25) is 9.78 Å². The maximum Gasteiger partial charge on any atom is 0.255 e. The van der Waals surface area contributed by atoms with Gasteiger partial charge >= 0.3 is 0 Å². The van der Waals surface area contributed by atoms with E-state index in [1.165, 1.54) is 6.33 Å². The molecule has 1 aromatic carbocycles. The second-order valence-electron chi connectivity index (χ2n) is 6.40. The van der Waals surface area contributed by atoms with E-state index in [2.05, 4.69) is 25.7 Å². The van der Waals surface area contributed by atoms with Crippen molar-refractivity contribution in [2.24, 2.45) is 0 Å². The quantitative estimate of drug-likeness (QED) is 0.688. The van der Waals surface area contributed by atoms with Gasteiger partial charge in [-0.2, -0.15) is 10.1 Å². The first-order valence-electron chi connectivity index (χ1n) is 8.93.